The van der Waals surface area contributed by atoms with Crippen molar-refractivity contribution < 1.29 is 29.0 Å². The zero-order chi connectivity index (χ0) is 38.8. The highest BCUT2D eigenvalue weighted by Gasteiger charge is 2.23. The Hall–Kier alpha value is -7.62. The number of hydrogen-bond acceptors (Lipinski definition) is 13. The first-order valence-corrected chi connectivity index (χ1v) is 16.9. The van der Waals surface area contributed by atoms with E-state index in [1.165, 1.54) is 18.2 Å². The SMILES string of the molecule is CN(Cc1cnc2nc(N)nc(N)c2n1)c1ccc(C(=O)NC(CCC(=O)Nc2ccc(-c3c4ccc(=O)cc-4oc4cc(O)ccc34)cc2)C(=O)O)cc1. The molecule has 1 atom stereocenters. The van der Waals surface area contributed by atoms with Gasteiger partial charge in [0.2, 0.25) is 11.9 Å². The van der Waals surface area contributed by atoms with Crippen LogP contribution in [0.25, 0.3) is 44.6 Å². The van der Waals surface area contributed by atoms with Crippen LogP contribution in [-0.4, -0.2) is 61.0 Å². The molecule has 276 valence electrons. The number of nitrogens with one attached hydrogen (secondary N) is 2. The van der Waals surface area contributed by atoms with Gasteiger partial charge in [0.05, 0.1) is 18.4 Å². The fraction of sp³-hybridized carbons (Fsp3) is 0.128. The van der Waals surface area contributed by atoms with E-state index >= 15 is 0 Å². The molecule has 5 aromatic rings. The smallest absolute Gasteiger partial charge is 0.326 e. The van der Waals surface area contributed by atoms with Gasteiger partial charge in [0.15, 0.2) is 22.4 Å². The number of benzene rings is 4. The van der Waals surface area contributed by atoms with Gasteiger partial charge in [-0.3, -0.25) is 14.4 Å². The van der Waals surface area contributed by atoms with Crippen LogP contribution < -0.4 is 32.4 Å². The third-order valence-electron chi connectivity index (χ3n) is 8.87. The molecule has 1 aliphatic heterocycles. The predicted molar refractivity (Wildman–Crippen MR) is 205 cm³/mol. The minimum absolute atomic E-state index is 0.00374. The van der Waals surface area contributed by atoms with Crippen LogP contribution in [0.15, 0.2) is 100 Å². The number of carbonyl (C=O) groups is 3. The van der Waals surface area contributed by atoms with Crippen LogP contribution in [0, 0.1) is 0 Å². The number of anilines is 4. The molecule has 0 saturated carbocycles. The van der Waals surface area contributed by atoms with E-state index in [0.29, 0.717) is 45.7 Å². The number of nitrogen functional groups attached to an aromatic ring is 2. The summed E-state index contributed by atoms with van der Waals surface area (Å²) < 4.78 is 5.91. The normalized spacial score (nSPS) is 11.7. The van der Waals surface area contributed by atoms with E-state index < -0.39 is 23.8 Å². The molecule has 3 aromatic carbocycles. The number of phenolic OH excluding ortho intramolecular Hbond substituents is 1. The number of nitrogens with two attached hydrogens (primary N) is 2. The van der Waals surface area contributed by atoms with Crippen molar-refractivity contribution in [3.63, 3.8) is 0 Å². The van der Waals surface area contributed by atoms with Crippen LogP contribution in [0.5, 0.6) is 5.75 Å². The standard InChI is InChI=1S/C39H33N9O7/c1-48(19-23-18-42-36-34(44-23)35(40)46-39(41)47-36)24-8-4-21(5-9-24)37(52)45-29(38(53)54)14-15-32(51)43-22-6-2-20(3-7-22)33-27-12-10-25(49)16-30(27)55-31-17-26(50)11-13-28(31)33/h2-13,16-18,29,49H,14-15,19H2,1H3,(H,43,51)(H,45,52)(H,53,54)(H4,40,41,42,46,47). The second-order valence-electron chi connectivity index (χ2n) is 12.7. The van der Waals surface area contributed by atoms with Crippen molar-refractivity contribution in [2.75, 3.05) is 28.7 Å². The molecule has 2 amide bonds. The summed E-state index contributed by atoms with van der Waals surface area (Å²) >= 11 is 0. The molecular weight excluding hydrogens is 706 g/mol. The molecule has 0 fully saturated rings. The lowest BCUT2D eigenvalue weighted by Crippen LogP contribution is -2.41. The first-order valence-electron chi connectivity index (χ1n) is 16.9. The van der Waals surface area contributed by atoms with Gasteiger partial charge in [0, 0.05) is 59.1 Å². The summed E-state index contributed by atoms with van der Waals surface area (Å²) in [6.07, 6.45) is 1.23. The Balaban J connectivity index is 0.959. The monoisotopic (exact) mass is 739 g/mol. The number of fused-ring (bicyclic) bond motifs is 3. The van der Waals surface area contributed by atoms with E-state index in [9.17, 15) is 29.4 Å². The minimum atomic E-state index is -1.32. The Morgan fingerprint density at radius 1 is 0.927 bits per heavy atom. The molecule has 16 heteroatoms. The highest BCUT2D eigenvalue weighted by Crippen LogP contribution is 2.40. The van der Waals surface area contributed by atoms with Crippen LogP contribution in [0.2, 0.25) is 0 Å². The number of phenols is 1. The van der Waals surface area contributed by atoms with E-state index in [4.69, 9.17) is 15.9 Å². The summed E-state index contributed by atoms with van der Waals surface area (Å²) in [7, 11) is 1.82. The second kappa shape index (κ2) is 14.8. The third kappa shape index (κ3) is 7.78. The van der Waals surface area contributed by atoms with Gasteiger partial charge in [-0.2, -0.15) is 9.97 Å². The molecule has 1 aliphatic carbocycles. The lowest BCUT2D eigenvalue weighted by molar-refractivity contribution is -0.139. The number of carbonyl (C=O) groups excluding carboxylic acids is 2. The predicted octanol–water partition coefficient (Wildman–Crippen LogP) is 4.41. The van der Waals surface area contributed by atoms with Crippen LogP contribution in [0.4, 0.5) is 23.1 Å². The Bertz CT molecular complexity index is 2630. The van der Waals surface area contributed by atoms with E-state index in [-0.39, 0.29) is 47.0 Å². The fourth-order valence-corrected chi connectivity index (χ4v) is 6.15. The summed E-state index contributed by atoms with van der Waals surface area (Å²) in [5.41, 5.74) is 16.7. The largest absolute Gasteiger partial charge is 0.508 e. The first kappa shape index (κ1) is 35.8. The number of aromatic nitrogens is 4. The molecule has 8 N–H and O–H groups in total. The van der Waals surface area contributed by atoms with Gasteiger partial charge in [-0.25, -0.2) is 14.8 Å². The summed E-state index contributed by atoms with van der Waals surface area (Å²) in [5.74, 6) is -1.83. The van der Waals surface area contributed by atoms with Crippen LogP contribution in [0.3, 0.4) is 0 Å². The number of hydrogen-bond donors (Lipinski definition) is 6. The van der Waals surface area contributed by atoms with Crippen molar-refractivity contribution in [3.8, 4) is 28.2 Å². The van der Waals surface area contributed by atoms with Gasteiger partial charge in [0.25, 0.3) is 5.91 Å². The minimum Gasteiger partial charge on any atom is -0.508 e. The van der Waals surface area contributed by atoms with Gasteiger partial charge >= 0.3 is 5.97 Å². The Labute approximate surface area is 311 Å². The molecule has 55 heavy (non-hydrogen) atoms. The average Bonchev–Trinajstić information content (AvgIpc) is 3.15. The Kier molecular flexibility index (Phi) is 9.61. The molecule has 2 aliphatic rings. The van der Waals surface area contributed by atoms with Crippen molar-refractivity contribution in [3.05, 3.63) is 113 Å². The maximum absolute atomic E-state index is 13.0. The quantitative estimate of drug-likeness (QED) is 0.101. The lowest BCUT2D eigenvalue weighted by atomic mass is 9.93. The number of carboxylic acid groups (broad SMARTS) is 1. The van der Waals surface area contributed by atoms with Crippen molar-refractivity contribution in [1.29, 1.82) is 0 Å². The van der Waals surface area contributed by atoms with Crippen molar-refractivity contribution >= 4 is 63.1 Å². The van der Waals surface area contributed by atoms with Crippen LogP contribution in [-0.2, 0) is 16.1 Å². The van der Waals surface area contributed by atoms with Crippen molar-refractivity contribution in [1.82, 2.24) is 25.3 Å². The van der Waals surface area contributed by atoms with Gasteiger partial charge in [-0.05, 0) is 72.6 Å². The van der Waals surface area contributed by atoms with Crippen molar-refractivity contribution in [2.24, 2.45) is 0 Å². The first-order chi connectivity index (χ1) is 26.4. The number of rotatable bonds is 11. The number of aromatic hydroxyl groups is 1. The number of nitrogens with zero attached hydrogens (tertiary/aromatic N) is 5. The highest BCUT2D eigenvalue weighted by atomic mass is 16.4. The van der Waals surface area contributed by atoms with Gasteiger partial charge < -0.3 is 41.6 Å². The molecule has 2 aromatic heterocycles. The summed E-state index contributed by atoms with van der Waals surface area (Å²) in [4.78, 5) is 68.6. The number of aliphatic carboxylic acids is 1. The van der Waals surface area contributed by atoms with E-state index in [1.807, 2.05) is 11.9 Å². The van der Waals surface area contributed by atoms with E-state index in [2.05, 4.69) is 30.6 Å². The van der Waals surface area contributed by atoms with Gasteiger partial charge in [-0.15, -0.1) is 0 Å². The Morgan fingerprint density at radius 3 is 2.44 bits per heavy atom. The van der Waals surface area contributed by atoms with Crippen molar-refractivity contribution in [2.45, 2.75) is 25.4 Å². The van der Waals surface area contributed by atoms with Gasteiger partial charge in [0.1, 0.15) is 23.1 Å². The molecule has 3 heterocycles. The van der Waals surface area contributed by atoms with Crippen LogP contribution in [0.1, 0.15) is 28.9 Å². The summed E-state index contributed by atoms with van der Waals surface area (Å²) in [6, 6.07) is 21.5. The Morgan fingerprint density at radius 2 is 1.69 bits per heavy atom. The van der Waals surface area contributed by atoms with Gasteiger partial charge in [-0.1, -0.05) is 12.1 Å². The molecular formula is C39H33N9O7. The maximum Gasteiger partial charge on any atom is 0.326 e. The molecule has 16 nitrogen and oxygen atoms in total. The third-order valence-corrected chi connectivity index (χ3v) is 8.87. The summed E-state index contributed by atoms with van der Waals surface area (Å²) in [6.45, 7) is 0.347. The average molecular weight is 740 g/mol. The lowest BCUT2D eigenvalue weighted by Gasteiger charge is -2.19. The number of carboxylic acids is 1. The molecule has 0 saturated heterocycles. The molecule has 0 spiro atoms. The summed E-state index contributed by atoms with van der Waals surface area (Å²) in [5, 5.41) is 25.8. The van der Waals surface area contributed by atoms with Crippen LogP contribution >= 0.6 is 0 Å². The molecule has 0 bridgehead atoms. The fourth-order valence-electron chi connectivity index (χ4n) is 6.15. The highest BCUT2D eigenvalue weighted by molar-refractivity contribution is 6.02. The molecule has 7 rings (SSSR count). The van der Waals surface area contributed by atoms with E-state index in [1.54, 1.807) is 72.9 Å². The number of amides is 2. The molecule has 0 radical (unpaired) electrons. The molecule has 1 unspecified atom stereocenters. The zero-order valence-corrected chi connectivity index (χ0v) is 29.2. The maximum atomic E-state index is 13.0. The second-order valence-corrected chi connectivity index (χ2v) is 12.7. The topological polar surface area (TPSA) is 253 Å². The van der Waals surface area contributed by atoms with E-state index in [0.717, 1.165) is 16.8 Å². The zero-order valence-electron chi connectivity index (χ0n) is 29.2.